The van der Waals surface area contributed by atoms with Crippen molar-refractivity contribution in [1.29, 1.82) is 0 Å². The van der Waals surface area contributed by atoms with Crippen molar-refractivity contribution < 1.29 is 14.4 Å². The van der Waals surface area contributed by atoms with Gasteiger partial charge < -0.3 is 14.8 Å². The molecule has 1 fully saturated rings. The summed E-state index contributed by atoms with van der Waals surface area (Å²) < 4.78 is 10.9. The molecular weight excluding hydrogens is 442 g/mol. The number of halogens is 1. The number of benzene rings is 2. The van der Waals surface area contributed by atoms with Gasteiger partial charge in [0, 0.05) is 37.8 Å². The third-order valence-corrected chi connectivity index (χ3v) is 4.98. The molecule has 9 nitrogen and oxygen atoms in total. The summed E-state index contributed by atoms with van der Waals surface area (Å²) in [6.07, 6.45) is 1.45. The Hall–Kier alpha value is -2.79. The fraction of sp³-hybridized carbons (Fsp3) is 0.300. The minimum atomic E-state index is -0.519. The van der Waals surface area contributed by atoms with E-state index in [1.54, 1.807) is 30.3 Å². The maximum Gasteiger partial charge on any atom is 0.312 e. The van der Waals surface area contributed by atoms with Gasteiger partial charge in [-0.05, 0) is 36.5 Å². The second-order valence-electron chi connectivity index (χ2n) is 6.60. The summed E-state index contributed by atoms with van der Waals surface area (Å²) in [5.74, 6) is 0.423. The van der Waals surface area contributed by atoms with E-state index < -0.39 is 4.92 Å². The van der Waals surface area contributed by atoms with Crippen molar-refractivity contribution >= 4 is 40.8 Å². The number of morpholine rings is 1. The van der Waals surface area contributed by atoms with Crippen LogP contribution in [0.3, 0.4) is 0 Å². The summed E-state index contributed by atoms with van der Waals surface area (Å²) >= 11 is 11.3. The van der Waals surface area contributed by atoms with Crippen LogP contribution in [0.4, 0.5) is 5.69 Å². The Labute approximate surface area is 190 Å². The third-order valence-electron chi connectivity index (χ3n) is 4.43. The maximum absolute atomic E-state index is 11.5. The van der Waals surface area contributed by atoms with E-state index in [4.69, 9.17) is 33.3 Å². The molecule has 0 amide bonds. The van der Waals surface area contributed by atoms with E-state index in [-0.39, 0.29) is 11.4 Å². The Morgan fingerprint density at radius 2 is 2.06 bits per heavy atom. The first-order valence-corrected chi connectivity index (χ1v) is 10.4. The van der Waals surface area contributed by atoms with Crippen LogP contribution in [0.2, 0.25) is 5.02 Å². The van der Waals surface area contributed by atoms with Crippen LogP contribution < -0.4 is 15.5 Å². The van der Waals surface area contributed by atoms with Crippen molar-refractivity contribution in [2.75, 3.05) is 39.4 Å². The molecule has 0 atom stereocenters. The van der Waals surface area contributed by atoms with Gasteiger partial charge in [0.1, 0.15) is 5.75 Å². The van der Waals surface area contributed by atoms with E-state index in [0.717, 1.165) is 32.8 Å². The molecule has 31 heavy (non-hydrogen) atoms. The molecule has 0 spiro atoms. The monoisotopic (exact) mass is 463 g/mol. The average molecular weight is 464 g/mol. The number of nitrogens with zero attached hydrogens (tertiary/aromatic N) is 3. The predicted molar refractivity (Wildman–Crippen MR) is 123 cm³/mol. The summed E-state index contributed by atoms with van der Waals surface area (Å²) in [5.41, 5.74) is 3.02. The largest absolute Gasteiger partial charge is 0.449 e. The van der Waals surface area contributed by atoms with Gasteiger partial charge in [0.05, 0.1) is 29.4 Å². The molecule has 2 aromatic carbocycles. The van der Waals surface area contributed by atoms with Crippen LogP contribution in [0.5, 0.6) is 11.5 Å². The molecule has 0 bridgehead atoms. The Morgan fingerprint density at radius 3 is 2.81 bits per heavy atom. The van der Waals surface area contributed by atoms with Gasteiger partial charge in [-0.25, -0.2) is 0 Å². The zero-order valence-corrected chi connectivity index (χ0v) is 18.2. The van der Waals surface area contributed by atoms with Gasteiger partial charge in [-0.3, -0.25) is 20.4 Å². The molecular formula is C20H22ClN5O4S. The molecule has 0 radical (unpaired) electrons. The third kappa shape index (κ3) is 7.14. The van der Waals surface area contributed by atoms with Gasteiger partial charge in [0.2, 0.25) is 5.75 Å². The standard InChI is InChI=1S/C20H22ClN5O4S/c21-16-3-1-2-4-18(16)30-19-6-5-15(13-17(19)26(27)28)14-23-24-20(31)22-7-8-25-9-11-29-12-10-25/h1-6,13-14H,7-12H2,(H2,22,24,31). The van der Waals surface area contributed by atoms with Crippen LogP contribution in [0.1, 0.15) is 5.56 Å². The highest BCUT2D eigenvalue weighted by atomic mass is 35.5. The molecule has 2 aromatic rings. The maximum atomic E-state index is 11.5. The minimum absolute atomic E-state index is 0.0866. The van der Waals surface area contributed by atoms with Crippen molar-refractivity contribution in [3.8, 4) is 11.5 Å². The number of ether oxygens (including phenoxy) is 2. The number of hydrogen-bond donors (Lipinski definition) is 2. The molecule has 1 saturated heterocycles. The van der Waals surface area contributed by atoms with Crippen LogP contribution in [0.15, 0.2) is 47.6 Å². The lowest BCUT2D eigenvalue weighted by atomic mass is 10.2. The van der Waals surface area contributed by atoms with E-state index in [0.29, 0.717) is 28.0 Å². The van der Waals surface area contributed by atoms with Crippen molar-refractivity contribution in [3.05, 3.63) is 63.2 Å². The van der Waals surface area contributed by atoms with Gasteiger partial charge in [0.15, 0.2) is 5.11 Å². The second-order valence-corrected chi connectivity index (χ2v) is 7.41. The summed E-state index contributed by atoms with van der Waals surface area (Å²) in [7, 11) is 0. The summed E-state index contributed by atoms with van der Waals surface area (Å²) in [6, 6.07) is 11.3. The lowest BCUT2D eigenvalue weighted by molar-refractivity contribution is -0.385. The second kappa shape index (κ2) is 11.6. The molecule has 1 aliphatic heterocycles. The van der Waals surface area contributed by atoms with Crippen LogP contribution in [0, 0.1) is 10.1 Å². The molecule has 1 heterocycles. The number of para-hydroxylation sites is 1. The van der Waals surface area contributed by atoms with Crippen molar-refractivity contribution in [1.82, 2.24) is 15.6 Å². The van der Waals surface area contributed by atoms with E-state index in [1.165, 1.54) is 18.3 Å². The normalized spacial score (nSPS) is 14.4. The molecule has 0 saturated carbocycles. The first-order valence-electron chi connectivity index (χ1n) is 9.61. The highest BCUT2D eigenvalue weighted by Gasteiger charge is 2.17. The van der Waals surface area contributed by atoms with Gasteiger partial charge >= 0.3 is 5.69 Å². The Balaban J connectivity index is 1.54. The van der Waals surface area contributed by atoms with E-state index in [1.807, 2.05) is 0 Å². The first kappa shape index (κ1) is 22.9. The first-order chi connectivity index (χ1) is 15.0. The van der Waals surface area contributed by atoms with Gasteiger partial charge in [-0.1, -0.05) is 23.7 Å². The van der Waals surface area contributed by atoms with Crippen molar-refractivity contribution in [2.24, 2.45) is 5.10 Å². The number of nitrogens with one attached hydrogen (secondary N) is 2. The van der Waals surface area contributed by atoms with E-state index >= 15 is 0 Å². The molecule has 2 N–H and O–H groups in total. The molecule has 3 rings (SSSR count). The number of rotatable bonds is 8. The number of hydrogen-bond acceptors (Lipinski definition) is 7. The Bertz CT molecular complexity index is 953. The van der Waals surface area contributed by atoms with Crippen LogP contribution >= 0.6 is 23.8 Å². The number of nitro groups is 1. The fourth-order valence-corrected chi connectivity index (χ4v) is 3.18. The number of nitro benzene ring substituents is 1. The molecule has 0 aromatic heterocycles. The van der Waals surface area contributed by atoms with Gasteiger partial charge in [-0.15, -0.1) is 0 Å². The van der Waals surface area contributed by atoms with E-state index in [9.17, 15) is 10.1 Å². The lowest BCUT2D eigenvalue weighted by Crippen LogP contribution is -2.42. The Morgan fingerprint density at radius 1 is 1.29 bits per heavy atom. The topological polar surface area (TPSA) is 101 Å². The van der Waals surface area contributed by atoms with E-state index in [2.05, 4.69) is 20.7 Å². The summed E-state index contributed by atoms with van der Waals surface area (Å²) in [5, 5.41) is 19.3. The molecule has 0 aliphatic carbocycles. The smallest absolute Gasteiger partial charge is 0.312 e. The minimum Gasteiger partial charge on any atom is -0.449 e. The average Bonchev–Trinajstić information content (AvgIpc) is 2.77. The SMILES string of the molecule is O=[N+]([O-])c1cc(C=NNC(=S)NCCN2CCOCC2)ccc1Oc1ccccc1Cl. The van der Waals surface area contributed by atoms with Crippen molar-refractivity contribution in [2.45, 2.75) is 0 Å². The Kier molecular flexibility index (Phi) is 8.53. The fourth-order valence-electron chi connectivity index (χ4n) is 2.85. The summed E-state index contributed by atoms with van der Waals surface area (Å²) in [4.78, 5) is 13.2. The van der Waals surface area contributed by atoms with Crippen LogP contribution in [-0.2, 0) is 4.74 Å². The molecule has 1 aliphatic rings. The highest BCUT2D eigenvalue weighted by Crippen LogP contribution is 2.35. The zero-order chi connectivity index (χ0) is 22.1. The molecule has 11 heteroatoms. The zero-order valence-electron chi connectivity index (χ0n) is 16.6. The highest BCUT2D eigenvalue weighted by molar-refractivity contribution is 7.80. The number of thiocarbonyl (C=S) groups is 1. The number of hydrazone groups is 1. The molecule has 164 valence electrons. The van der Waals surface area contributed by atoms with Gasteiger partial charge in [-0.2, -0.15) is 5.10 Å². The molecule has 0 unspecified atom stereocenters. The van der Waals surface area contributed by atoms with Crippen molar-refractivity contribution in [3.63, 3.8) is 0 Å². The van der Waals surface area contributed by atoms with Crippen LogP contribution in [-0.4, -0.2) is 60.5 Å². The predicted octanol–water partition coefficient (Wildman–Crippen LogP) is 3.17. The quantitative estimate of drug-likeness (QED) is 0.266. The lowest BCUT2D eigenvalue weighted by Gasteiger charge is -2.26. The van der Waals surface area contributed by atoms with Crippen LogP contribution in [0.25, 0.3) is 0 Å². The van der Waals surface area contributed by atoms with Gasteiger partial charge in [0.25, 0.3) is 0 Å². The summed E-state index contributed by atoms with van der Waals surface area (Å²) in [6.45, 7) is 4.86.